The molecule has 6 heteroatoms. The lowest BCUT2D eigenvalue weighted by molar-refractivity contribution is -0.116. The molecular formula is C17H14N4O2. The van der Waals surface area contributed by atoms with Gasteiger partial charge in [0.2, 0.25) is 0 Å². The number of hydrogen-bond acceptors (Lipinski definition) is 5. The summed E-state index contributed by atoms with van der Waals surface area (Å²) in [5.41, 5.74) is 0.912. The minimum Gasteiger partial charge on any atom is -0.345 e. The molecule has 1 aromatic carbocycles. The van der Waals surface area contributed by atoms with E-state index in [-0.39, 0.29) is 5.57 Å². The van der Waals surface area contributed by atoms with Gasteiger partial charge in [-0.05, 0) is 31.2 Å². The van der Waals surface area contributed by atoms with Gasteiger partial charge in [0.25, 0.3) is 11.8 Å². The first kappa shape index (κ1) is 15.9. The molecule has 0 aliphatic carbocycles. The highest BCUT2D eigenvalue weighted by atomic mass is 16.2. The van der Waals surface area contributed by atoms with Crippen LogP contribution in [0.15, 0.2) is 60.3 Å². The second-order valence-electron chi connectivity index (χ2n) is 4.63. The molecule has 0 unspecified atom stereocenters. The van der Waals surface area contributed by atoms with Crippen molar-refractivity contribution in [1.82, 2.24) is 10.3 Å². The van der Waals surface area contributed by atoms with Gasteiger partial charge in [-0.15, -0.1) is 0 Å². The van der Waals surface area contributed by atoms with E-state index >= 15 is 0 Å². The molecule has 0 spiro atoms. The van der Waals surface area contributed by atoms with Crippen LogP contribution in [0.3, 0.4) is 0 Å². The molecule has 0 fully saturated rings. The van der Waals surface area contributed by atoms with Gasteiger partial charge in [-0.3, -0.25) is 14.9 Å². The first-order valence-electron chi connectivity index (χ1n) is 6.81. The number of amides is 2. The number of nitrogens with one attached hydrogen (secondary N) is 2. The molecule has 2 amide bonds. The average Bonchev–Trinajstić information content (AvgIpc) is 2.56. The Morgan fingerprint density at radius 3 is 2.52 bits per heavy atom. The SMILES string of the molecule is Cc1cccc(N/C=C(\C#N)C(=O)NC(=O)c2ccccc2)n1. The zero-order valence-corrected chi connectivity index (χ0v) is 12.4. The summed E-state index contributed by atoms with van der Waals surface area (Å²) in [6.07, 6.45) is 1.22. The fraction of sp³-hybridized carbons (Fsp3) is 0.0588. The molecular weight excluding hydrogens is 292 g/mol. The van der Waals surface area contributed by atoms with Crippen molar-refractivity contribution in [1.29, 1.82) is 5.26 Å². The van der Waals surface area contributed by atoms with Crippen LogP contribution in [0.5, 0.6) is 0 Å². The van der Waals surface area contributed by atoms with Crippen LogP contribution >= 0.6 is 0 Å². The Hall–Kier alpha value is -3.46. The van der Waals surface area contributed by atoms with Gasteiger partial charge in [0.05, 0.1) is 0 Å². The van der Waals surface area contributed by atoms with Gasteiger partial charge in [-0.2, -0.15) is 5.26 Å². The quantitative estimate of drug-likeness (QED) is 0.667. The fourth-order valence-electron chi connectivity index (χ4n) is 1.75. The zero-order valence-electron chi connectivity index (χ0n) is 12.4. The highest BCUT2D eigenvalue weighted by molar-refractivity contribution is 6.11. The normalized spacial score (nSPS) is 10.5. The van der Waals surface area contributed by atoms with E-state index in [1.54, 1.807) is 48.5 Å². The van der Waals surface area contributed by atoms with E-state index in [2.05, 4.69) is 15.6 Å². The van der Waals surface area contributed by atoms with Crippen molar-refractivity contribution >= 4 is 17.6 Å². The monoisotopic (exact) mass is 306 g/mol. The largest absolute Gasteiger partial charge is 0.345 e. The molecule has 6 nitrogen and oxygen atoms in total. The van der Waals surface area contributed by atoms with E-state index in [9.17, 15) is 9.59 Å². The number of aryl methyl sites for hydroxylation is 1. The summed E-state index contributed by atoms with van der Waals surface area (Å²) in [7, 11) is 0. The number of carbonyl (C=O) groups is 2. The molecule has 23 heavy (non-hydrogen) atoms. The lowest BCUT2D eigenvalue weighted by Crippen LogP contribution is -2.31. The smallest absolute Gasteiger partial charge is 0.270 e. The topological polar surface area (TPSA) is 94.9 Å². The Balaban J connectivity index is 2.05. The first-order chi connectivity index (χ1) is 11.1. The van der Waals surface area contributed by atoms with Gasteiger partial charge in [0, 0.05) is 17.5 Å². The number of hydrogen-bond donors (Lipinski definition) is 2. The molecule has 0 aliphatic rings. The summed E-state index contributed by atoms with van der Waals surface area (Å²) in [6.45, 7) is 1.82. The summed E-state index contributed by atoms with van der Waals surface area (Å²) in [4.78, 5) is 28.0. The maximum absolute atomic E-state index is 12.0. The highest BCUT2D eigenvalue weighted by Crippen LogP contribution is 2.05. The number of imide groups is 1. The van der Waals surface area contributed by atoms with Crippen LogP contribution in [0, 0.1) is 18.3 Å². The summed E-state index contributed by atoms with van der Waals surface area (Å²) >= 11 is 0. The second-order valence-corrected chi connectivity index (χ2v) is 4.63. The van der Waals surface area contributed by atoms with E-state index in [4.69, 9.17) is 5.26 Å². The second kappa shape index (κ2) is 7.52. The Bertz CT molecular complexity index is 792. The van der Waals surface area contributed by atoms with Crippen LogP contribution in [0.2, 0.25) is 0 Å². The van der Waals surface area contributed by atoms with Gasteiger partial charge in [0.1, 0.15) is 17.5 Å². The predicted octanol–water partition coefficient (Wildman–Crippen LogP) is 2.17. The Labute approximate surface area is 133 Å². The van der Waals surface area contributed by atoms with Gasteiger partial charge >= 0.3 is 0 Å². The summed E-state index contributed by atoms with van der Waals surface area (Å²) in [6, 6.07) is 15.4. The fourth-order valence-corrected chi connectivity index (χ4v) is 1.75. The van der Waals surface area contributed by atoms with Crippen molar-refractivity contribution in [2.75, 3.05) is 5.32 Å². The van der Waals surface area contributed by atoms with Gasteiger partial charge in [-0.1, -0.05) is 24.3 Å². The number of carbonyl (C=O) groups excluding carboxylic acids is 2. The molecule has 0 bridgehead atoms. The summed E-state index contributed by atoms with van der Waals surface area (Å²) < 4.78 is 0. The Kier molecular flexibility index (Phi) is 5.21. The molecule has 0 aliphatic heterocycles. The molecule has 2 rings (SSSR count). The third-order valence-corrected chi connectivity index (χ3v) is 2.88. The van der Waals surface area contributed by atoms with Crippen LogP contribution < -0.4 is 10.6 Å². The van der Waals surface area contributed by atoms with E-state index in [0.29, 0.717) is 11.4 Å². The molecule has 114 valence electrons. The number of pyridine rings is 1. The molecule has 2 N–H and O–H groups in total. The van der Waals surface area contributed by atoms with Crippen LogP contribution in [-0.2, 0) is 4.79 Å². The lowest BCUT2D eigenvalue weighted by Gasteiger charge is -2.04. The Morgan fingerprint density at radius 1 is 1.13 bits per heavy atom. The first-order valence-corrected chi connectivity index (χ1v) is 6.81. The minimum absolute atomic E-state index is 0.224. The van der Waals surface area contributed by atoms with Crippen LogP contribution in [0.1, 0.15) is 16.1 Å². The molecule has 1 aromatic heterocycles. The summed E-state index contributed by atoms with van der Waals surface area (Å²) in [5, 5.41) is 14.0. The molecule has 1 heterocycles. The molecule has 0 atom stereocenters. The number of aromatic nitrogens is 1. The van der Waals surface area contributed by atoms with Gasteiger partial charge < -0.3 is 5.32 Å². The summed E-state index contributed by atoms with van der Waals surface area (Å²) in [5.74, 6) is -0.841. The molecule has 0 saturated carbocycles. The van der Waals surface area contributed by atoms with E-state index in [1.807, 2.05) is 13.0 Å². The van der Waals surface area contributed by atoms with Crippen LogP contribution in [-0.4, -0.2) is 16.8 Å². The van der Waals surface area contributed by atoms with Gasteiger partial charge in [-0.25, -0.2) is 4.98 Å². The number of nitrogens with zero attached hydrogens (tertiary/aromatic N) is 2. The third kappa shape index (κ3) is 4.51. The number of rotatable bonds is 4. The Morgan fingerprint density at radius 2 is 1.87 bits per heavy atom. The standard InChI is InChI=1S/C17H14N4O2/c1-12-6-5-9-15(20-12)19-11-14(10-18)17(23)21-16(22)13-7-3-2-4-8-13/h2-9,11H,1H3,(H,19,20)(H,21,22,23)/b14-11+. The van der Waals surface area contributed by atoms with Crippen molar-refractivity contribution < 1.29 is 9.59 Å². The highest BCUT2D eigenvalue weighted by Gasteiger charge is 2.14. The molecule has 2 aromatic rings. The third-order valence-electron chi connectivity index (χ3n) is 2.88. The number of nitriles is 1. The predicted molar refractivity (Wildman–Crippen MR) is 85.2 cm³/mol. The van der Waals surface area contributed by atoms with E-state index in [0.717, 1.165) is 5.69 Å². The van der Waals surface area contributed by atoms with Crippen molar-refractivity contribution in [2.45, 2.75) is 6.92 Å². The maximum Gasteiger partial charge on any atom is 0.270 e. The van der Waals surface area contributed by atoms with Crippen molar-refractivity contribution in [2.24, 2.45) is 0 Å². The number of benzene rings is 1. The van der Waals surface area contributed by atoms with Crippen molar-refractivity contribution in [3.63, 3.8) is 0 Å². The average molecular weight is 306 g/mol. The van der Waals surface area contributed by atoms with Gasteiger partial charge in [0.15, 0.2) is 0 Å². The van der Waals surface area contributed by atoms with Crippen molar-refractivity contribution in [3.05, 3.63) is 71.6 Å². The van der Waals surface area contributed by atoms with E-state index in [1.165, 1.54) is 6.20 Å². The van der Waals surface area contributed by atoms with E-state index < -0.39 is 11.8 Å². The van der Waals surface area contributed by atoms with Crippen molar-refractivity contribution in [3.8, 4) is 6.07 Å². The lowest BCUT2D eigenvalue weighted by atomic mass is 10.2. The van der Waals surface area contributed by atoms with Crippen LogP contribution in [0.25, 0.3) is 0 Å². The maximum atomic E-state index is 12.0. The van der Waals surface area contributed by atoms with Crippen LogP contribution in [0.4, 0.5) is 5.82 Å². The molecule has 0 saturated heterocycles. The number of anilines is 1. The molecule has 0 radical (unpaired) electrons. The minimum atomic E-state index is -0.776. The zero-order chi connectivity index (χ0) is 16.7.